The van der Waals surface area contributed by atoms with E-state index < -0.39 is 4.92 Å². The van der Waals surface area contributed by atoms with Gasteiger partial charge in [0.05, 0.1) is 9.85 Å². The van der Waals surface area contributed by atoms with Gasteiger partial charge in [-0.3, -0.25) is 35.1 Å². The normalized spacial score (nSPS) is 12.9. The van der Waals surface area contributed by atoms with Gasteiger partial charge in [-0.15, -0.1) is 12.4 Å². The Morgan fingerprint density at radius 2 is 1.30 bits per heavy atom. The third kappa shape index (κ3) is 13.0. The number of non-ortho nitro benzene ring substituents is 2. The number of hydrogen-bond acceptors (Lipinski definition) is 8. The van der Waals surface area contributed by atoms with E-state index in [0.29, 0.717) is 0 Å². The van der Waals surface area contributed by atoms with Crippen molar-refractivity contribution in [3.8, 4) is 0 Å². The van der Waals surface area contributed by atoms with Crippen molar-refractivity contribution in [2.24, 2.45) is 0 Å². The molecular formula is C33H39BrClIN6O4. The molecule has 2 aliphatic heterocycles. The number of aromatic nitrogens is 2. The molecule has 0 amide bonds. The first-order chi connectivity index (χ1) is 21.9. The van der Waals surface area contributed by atoms with E-state index in [9.17, 15) is 20.2 Å². The highest BCUT2D eigenvalue weighted by Crippen LogP contribution is 2.19. The van der Waals surface area contributed by atoms with Crippen molar-refractivity contribution in [1.82, 2.24) is 20.2 Å². The highest BCUT2D eigenvalue weighted by Gasteiger charge is 2.16. The van der Waals surface area contributed by atoms with Gasteiger partial charge in [0.15, 0.2) is 0 Å². The number of alkyl halides is 2. The van der Waals surface area contributed by atoms with Crippen LogP contribution in [-0.4, -0.2) is 54.6 Å². The van der Waals surface area contributed by atoms with Crippen LogP contribution < -0.4 is 5.32 Å². The Balaban J connectivity index is 0.000000251. The SMILES string of the molecule is CI.Cl.O=[N+]([O-])c1ccc(CCBr)cc1.O=[N+]([O-])c1ccc(CCN2CCc3cnccc3C2)cc1.c1cc2c(cn1)CCNC2. The lowest BCUT2D eigenvalue weighted by Crippen LogP contribution is -2.32. The Morgan fingerprint density at radius 3 is 1.83 bits per heavy atom. The molecule has 0 atom stereocenters. The summed E-state index contributed by atoms with van der Waals surface area (Å²) in [7, 11) is 0. The summed E-state index contributed by atoms with van der Waals surface area (Å²) >= 11 is 5.45. The maximum atomic E-state index is 10.6. The second-order valence-electron chi connectivity index (χ2n) is 10.3. The van der Waals surface area contributed by atoms with Crippen LogP contribution in [0.4, 0.5) is 11.4 Å². The molecule has 0 fully saturated rings. The van der Waals surface area contributed by atoms with Gasteiger partial charge in [0, 0.05) is 80.6 Å². The van der Waals surface area contributed by atoms with E-state index in [1.165, 1.54) is 34.4 Å². The van der Waals surface area contributed by atoms with Crippen LogP contribution in [0.5, 0.6) is 0 Å². The van der Waals surface area contributed by atoms with Gasteiger partial charge in [-0.2, -0.15) is 0 Å². The van der Waals surface area contributed by atoms with E-state index in [1.807, 2.05) is 41.9 Å². The first-order valence-electron chi connectivity index (χ1n) is 14.6. The van der Waals surface area contributed by atoms with Crippen LogP contribution in [0.1, 0.15) is 33.4 Å². The number of hydrogen-bond donors (Lipinski definition) is 1. The molecule has 0 unspecified atom stereocenters. The first-order valence-corrected chi connectivity index (χ1v) is 17.9. The van der Waals surface area contributed by atoms with E-state index >= 15 is 0 Å². The zero-order valence-corrected chi connectivity index (χ0v) is 30.2. The Morgan fingerprint density at radius 1 is 0.783 bits per heavy atom. The molecule has 10 nitrogen and oxygen atoms in total. The average Bonchev–Trinajstić information content (AvgIpc) is 3.09. The average molecular weight is 826 g/mol. The van der Waals surface area contributed by atoms with Crippen molar-refractivity contribution in [3.63, 3.8) is 0 Å². The summed E-state index contributed by atoms with van der Waals surface area (Å²) in [6.45, 7) is 5.09. The van der Waals surface area contributed by atoms with Gasteiger partial charge in [-0.25, -0.2) is 0 Å². The number of nitrogens with zero attached hydrogens (tertiary/aromatic N) is 5. The maximum Gasteiger partial charge on any atom is 0.269 e. The lowest BCUT2D eigenvalue weighted by atomic mass is 10.0. The first kappa shape index (κ1) is 39.1. The molecule has 2 aliphatic rings. The number of nitrogens with one attached hydrogen (secondary N) is 1. The zero-order chi connectivity index (χ0) is 32.4. The summed E-state index contributed by atoms with van der Waals surface area (Å²) in [5.41, 5.74) is 8.07. The van der Waals surface area contributed by atoms with Gasteiger partial charge in [0.25, 0.3) is 11.4 Å². The maximum absolute atomic E-state index is 10.6. The summed E-state index contributed by atoms with van der Waals surface area (Å²) in [5, 5.41) is 25.1. The number of benzene rings is 2. The number of aryl methyl sites for hydroxylation is 1. The predicted molar refractivity (Wildman–Crippen MR) is 197 cm³/mol. The van der Waals surface area contributed by atoms with Crippen molar-refractivity contribution in [1.29, 1.82) is 0 Å². The number of nitro groups is 2. The molecule has 13 heteroatoms. The minimum Gasteiger partial charge on any atom is -0.312 e. The zero-order valence-electron chi connectivity index (χ0n) is 25.7. The van der Waals surface area contributed by atoms with Crippen LogP contribution in [0, 0.1) is 20.2 Å². The molecule has 0 aliphatic carbocycles. The van der Waals surface area contributed by atoms with Gasteiger partial charge in [-0.1, -0.05) is 62.8 Å². The van der Waals surface area contributed by atoms with Crippen molar-refractivity contribution < 1.29 is 9.85 Å². The molecule has 246 valence electrons. The fourth-order valence-electron chi connectivity index (χ4n) is 4.89. The monoisotopic (exact) mass is 824 g/mol. The van der Waals surface area contributed by atoms with E-state index in [4.69, 9.17) is 0 Å². The summed E-state index contributed by atoms with van der Waals surface area (Å²) in [4.78, 5) is 32.8. The summed E-state index contributed by atoms with van der Waals surface area (Å²) in [6, 6.07) is 17.6. The van der Waals surface area contributed by atoms with E-state index in [0.717, 1.165) is 74.9 Å². The number of nitro benzene ring substituents is 2. The van der Waals surface area contributed by atoms with E-state index in [-0.39, 0.29) is 28.7 Å². The lowest BCUT2D eigenvalue weighted by molar-refractivity contribution is -0.385. The molecule has 1 N–H and O–H groups in total. The number of fused-ring (bicyclic) bond motifs is 2. The van der Waals surface area contributed by atoms with E-state index in [1.54, 1.807) is 24.3 Å². The van der Waals surface area contributed by atoms with Crippen LogP contribution in [0.15, 0.2) is 85.5 Å². The van der Waals surface area contributed by atoms with Crippen molar-refractivity contribution >= 4 is 62.3 Å². The third-order valence-corrected chi connectivity index (χ3v) is 7.78. The van der Waals surface area contributed by atoms with Crippen LogP contribution in [0.2, 0.25) is 0 Å². The smallest absolute Gasteiger partial charge is 0.269 e. The van der Waals surface area contributed by atoms with Crippen LogP contribution in [0.3, 0.4) is 0 Å². The Hall–Kier alpha value is -3.04. The standard InChI is InChI=1S/C16H17N3O2.C8H8BrNO2.C8H10N2.CH3I.ClH/c20-19(21)16-3-1-13(2-4-16)6-9-18-10-7-14-11-17-8-5-15(14)12-18;9-6-5-7-1-3-8(4-2-7)10(11)12;1-3-9-6-8-2-4-10-5-7(1)8;1-2;/h1-5,8,11H,6-7,9-10,12H2;1-4H,5-6H2;1,3,6,10H,2,4-5H2;1H3;1H. The Bertz CT molecular complexity index is 1470. The summed E-state index contributed by atoms with van der Waals surface area (Å²) in [6.07, 6.45) is 11.6. The summed E-state index contributed by atoms with van der Waals surface area (Å²) in [5.74, 6) is 0. The van der Waals surface area contributed by atoms with Crippen molar-refractivity contribution in [2.45, 2.75) is 38.8 Å². The Labute approximate surface area is 298 Å². The molecule has 46 heavy (non-hydrogen) atoms. The molecule has 2 aromatic carbocycles. The third-order valence-electron chi connectivity index (χ3n) is 7.38. The molecule has 0 radical (unpaired) electrons. The summed E-state index contributed by atoms with van der Waals surface area (Å²) < 4.78 is 0. The molecule has 2 aromatic heterocycles. The number of pyridine rings is 2. The molecule has 4 aromatic rings. The van der Waals surface area contributed by atoms with Gasteiger partial charge < -0.3 is 5.32 Å². The van der Waals surface area contributed by atoms with Crippen molar-refractivity contribution in [3.05, 3.63) is 139 Å². The largest absolute Gasteiger partial charge is 0.312 e. The van der Waals surface area contributed by atoms with Crippen LogP contribution in [0.25, 0.3) is 0 Å². The van der Waals surface area contributed by atoms with Crippen LogP contribution in [-0.2, 0) is 38.8 Å². The lowest BCUT2D eigenvalue weighted by Gasteiger charge is -2.28. The predicted octanol–water partition coefficient (Wildman–Crippen LogP) is 7.32. The van der Waals surface area contributed by atoms with Gasteiger partial charge in [0.1, 0.15) is 0 Å². The molecule has 4 heterocycles. The van der Waals surface area contributed by atoms with E-state index in [2.05, 4.69) is 70.8 Å². The van der Waals surface area contributed by atoms with Gasteiger partial charge in [-0.05, 0) is 82.7 Å². The number of rotatable bonds is 7. The molecule has 0 spiro atoms. The molecule has 0 bridgehead atoms. The second-order valence-corrected chi connectivity index (χ2v) is 11.1. The minimum atomic E-state index is -0.391. The molecule has 0 saturated heterocycles. The van der Waals surface area contributed by atoms with Crippen molar-refractivity contribution in [2.75, 3.05) is 29.9 Å². The Kier molecular flexibility index (Phi) is 18.5. The molecule has 0 saturated carbocycles. The van der Waals surface area contributed by atoms with Gasteiger partial charge in [0.2, 0.25) is 0 Å². The highest BCUT2D eigenvalue weighted by molar-refractivity contribution is 14.1. The van der Waals surface area contributed by atoms with Crippen LogP contribution >= 0.6 is 50.9 Å². The van der Waals surface area contributed by atoms with Gasteiger partial charge >= 0.3 is 0 Å². The molecular weight excluding hydrogens is 787 g/mol. The second kappa shape index (κ2) is 21.7. The molecule has 6 rings (SSSR count). The minimum absolute atomic E-state index is 0. The number of halogens is 3. The highest BCUT2D eigenvalue weighted by atomic mass is 127. The fraction of sp³-hybridized carbons (Fsp3) is 0.333. The quantitative estimate of drug-likeness (QED) is 0.0890. The topological polar surface area (TPSA) is 127 Å². The fourth-order valence-corrected chi connectivity index (χ4v) is 5.35.